The number of phenols is 2. The molecule has 8 bridgehead atoms. The number of ether oxygens (including phenoxy) is 6. The minimum atomic E-state index is -0.826. The van der Waals surface area contributed by atoms with Crippen LogP contribution in [0.3, 0.4) is 0 Å². The summed E-state index contributed by atoms with van der Waals surface area (Å²) >= 11 is 0. The van der Waals surface area contributed by atoms with Crippen molar-refractivity contribution < 1.29 is 67.4 Å². The van der Waals surface area contributed by atoms with Crippen LogP contribution in [0.5, 0.6) is 46.0 Å². The summed E-state index contributed by atoms with van der Waals surface area (Å²) in [4.78, 5) is 77.9. The number of carbonyl (C=O) groups is 6. The molecule has 14 nitrogen and oxygen atoms in total. The van der Waals surface area contributed by atoms with E-state index in [4.69, 9.17) is 28.4 Å². The fraction of sp³-hybridized carbons (Fsp3) is 0.364. The van der Waals surface area contributed by atoms with Crippen molar-refractivity contribution in [3.8, 4) is 46.0 Å². The Hall–Kier alpha value is -8.26. The molecule has 0 saturated heterocycles. The fourth-order valence-corrected chi connectivity index (χ4v) is 9.43. The molecule has 0 heterocycles. The van der Waals surface area contributed by atoms with Gasteiger partial charge in [0.2, 0.25) is 0 Å². The highest BCUT2D eigenvalue weighted by molar-refractivity contribution is 5.94. The summed E-state index contributed by atoms with van der Waals surface area (Å²) in [5.41, 5.74) is 5.89. The van der Waals surface area contributed by atoms with Crippen LogP contribution in [0.4, 0.5) is 0 Å². The zero-order valence-corrected chi connectivity index (χ0v) is 48.7. The number of carbonyl (C=O) groups excluding carboxylic acids is 6. The van der Waals surface area contributed by atoms with E-state index in [1.165, 1.54) is 64.1 Å². The van der Waals surface area contributed by atoms with Gasteiger partial charge >= 0.3 is 35.8 Å². The Kier molecular flexibility index (Phi) is 16.7. The third-order valence-corrected chi connectivity index (χ3v) is 13.8. The molecule has 420 valence electrons. The maximum absolute atomic E-state index is 14.7. The van der Waals surface area contributed by atoms with Crippen molar-refractivity contribution in [3.05, 3.63) is 163 Å². The lowest BCUT2D eigenvalue weighted by atomic mass is 9.79. The molecule has 2 N–H and O–H groups in total. The third kappa shape index (κ3) is 13.9. The molecule has 14 heteroatoms. The van der Waals surface area contributed by atoms with E-state index in [1.807, 2.05) is 48.5 Å². The Bertz CT molecular complexity index is 3170. The topological polar surface area (TPSA) is 198 Å². The number of hydrogen-bond donors (Lipinski definition) is 2. The van der Waals surface area contributed by atoms with E-state index in [0.717, 1.165) is 22.3 Å². The summed E-state index contributed by atoms with van der Waals surface area (Å²) in [5.74, 6) is -4.59. The van der Waals surface area contributed by atoms with E-state index in [9.17, 15) is 39.0 Å². The Balaban J connectivity index is 1.54. The van der Waals surface area contributed by atoms with Crippen molar-refractivity contribution in [2.24, 2.45) is 0 Å². The van der Waals surface area contributed by atoms with E-state index in [0.29, 0.717) is 44.5 Å². The molecule has 0 atom stereocenters. The lowest BCUT2D eigenvalue weighted by Crippen LogP contribution is -2.18. The van der Waals surface area contributed by atoms with E-state index >= 15 is 0 Å². The number of rotatable bonds is 8. The van der Waals surface area contributed by atoms with Crippen molar-refractivity contribution in [2.45, 2.75) is 158 Å². The second kappa shape index (κ2) is 22.5. The predicted molar refractivity (Wildman–Crippen MR) is 303 cm³/mol. The Morgan fingerprint density at radius 1 is 0.325 bits per heavy atom. The molecular formula is C66H72O14. The molecular weight excluding hydrogens is 1020 g/mol. The molecule has 1 aliphatic rings. The number of esters is 6. The lowest BCUT2D eigenvalue weighted by molar-refractivity contribution is -0.134. The van der Waals surface area contributed by atoms with Gasteiger partial charge in [-0.2, -0.15) is 0 Å². The maximum Gasteiger partial charge on any atom is 0.343 e. The van der Waals surface area contributed by atoms with Crippen molar-refractivity contribution in [2.75, 3.05) is 0 Å². The molecule has 6 aromatic rings. The SMILES string of the molecule is CC(=O)Oc1ccc(C(=O)Oc2c3cc(C(C)(C)C)cc2Cc2cc(C(C)(C)C)cc(c2O)Cc2cc(C(C)(C)C)cc(c2OC(=O)c2ccc(OC(C)=O)c(OC(C)=O)c2)Cc2cc(C(C)(C)C)cc(c2O)C3)cc1OC(C)=O. The molecule has 6 aromatic carbocycles. The van der Waals surface area contributed by atoms with Gasteiger partial charge in [0.05, 0.1) is 11.1 Å². The molecule has 0 radical (unpaired) electrons. The number of fused-ring (bicyclic) bond motifs is 8. The predicted octanol–water partition coefficient (Wildman–Crippen LogP) is 13.1. The first kappa shape index (κ1) is 59.4. The van der Waals surface area contributed by atoms with Crippen LogP contribution in [0.15, 0.2) is 84.9 Å². The lowest BCUT2D eigenvalue weighted by Gasteiger charge is -2.28. The standard InChI is InChI=1S/C66H72O14/c1-35(67)75-53-19-17-39(33-55(53)77-37(3)69)61(73)79-59-45-21-41-25-49(63(5,6)7)27-43(57(41)71)23-47-31-52(66(14,15)16)32-48(60(47)80-62(74)40-18-20-54(76-36(2)68)56(34-40)78-38(4)70)24-44-28-50(64(8,9)10)26-42(58(44)72)22-46(59)30-51(29-45)65(11,12)13/h17-20,25-34,71-72H,21-24H2,1-16H3. The molecule has 0 aliphatic heterocycles. The Labute approximate surface area is 468 Å². The smallest absolute Gasteiger partial charge is 0.343 e. The van der Waals surface area contributed by atoms with Gasteiger partial charge in [0.15, 0.2) is 23.0 Å². The number of hydrogen-bond acceptors (Lipinski definition) is 14. The van der Waals surface area contributed by atoms with Crippen LogP contribution in [-0.2, 0) is 66.5 Å². The number of benzene rings is 6. The minimum absolute atomic E-state index is 0.0214. The van der Waals surface area contributed by atoms with Crippen LogP contribution in [0.2, 0.25) is 0 Å². The average molecular weight is 1090 g/mol. The van der Waals surface area contributed by atoms with E-state index in [2.05, 4.69) is 83.1 Å². The van der Waals surface area contributed by atoms with E-state index in [-0.39, 0.29) is 82.8 Å². The van der Waals surface area contributed by atoms with Gasteiger partial charge < -0.3 is 38.6 Å². The first-order chi connectivity index (χ1) is 37.0. The highest BCUT2D eigenvalue weighted by Gasteiger charge is 2.31. The minimum Gasteiger partial charge on any atom is -0.507 e. The summed E-state index contributed by atoms with van der Waals surface area (Å²) < 4.78 is 34.5. The van der Waals surface area contributed by atoms with Crippen molar-refractivity contribution in [3.63, 3.8) is 0 Å². The number of aromatic hydroxyl groups is 2. The molecule has 0 spiro atoms. The van der Waals surface area contributed by atoms with Crippen molar-refractivity contribution in [1.29, 1.82) is 0 Å². The van der Waals surface area contributed by atoms with Gasteiger partial charge in [-0.3, -0.25) is 19.2 Å². The van der Waals surface area contributed by atoms with Crippen LogP contribution in [0.25, 0.3) is 0 Å². The van der Waals surface area contributed by atoms with Gasteiger partial charge in [0, 0.05) is 75.6 Å². The van der Waals surface area contributed by atoms with Gasteiger partial charge in [0.1, 0.15) is 23.0 Å². The molecule has 0 fully saturated rings. The Morgan fingerprint density at radius 3 is 0.775 bits per heavy atom. The highest BCUT2D eigenvalue weighted by Crippen LogP contribution is 2.45. The van der Waals surface area contributed by atoms with E-state index < -0.39 is 57.5 Å². The molecule has 0 saturated carbocycles. The summed E-state index contributed by atoms with van der Waals surface area (Å²) in [6.45, 7) is 29.6. The van der Waals surface area contributed by atoms with Crippen LogP contribution in [-0.4, -0.2) is 46.0 Å². The fourth-order valence-electron chi connectivity index (χ4n) is 9.43. The second-order valence-electron chi connectivity index (χ2n) is 24.7. The molecule has 0 amide bonds. The molecule has 0 aromatic heterocycles. The van der Waals surface area contributed by atoms with Crippen molar-refractivity contribution in [1.82, 2.24) is 0 Å². The van der Waals surface area contributed by atoms with Gasteiger partial charge in [-0.1, -0.05) is 132 Å². The van der Waals surface area contributed by atoms with Crippen LogP contribution in [0, 0.1) is 0 Å². The molecule has 1 aliphatic carbocycles. The summed E-state index contributed by atoms with van der Waals surface area (Å²) in [6, 6.07) is 23.7. The summed E-state index contributed by atoms with van der Waals surface area (Å²) in [5, 5.41) is 25.6. The molecule has 0 unspecified atom stereocenters. The highest BCUT2D eigenvalue weighted by atomic mass is 16.6. The van der Waals surface area contributed by atoms with Gasteiger partial charge in [-0.15, -0.1) is 0 Å². The second-order valence-corrected chi connectivity index (χ2v) is 24.7. The van der Waals surface area contributed by atoms with Gasteiger partial charge in [-0.25, -0.2) is 9.59 Å². The first-order valence-corrected chi connectivity index (χ1v) is 26.5. The van der Waals surface area contributed by atoms with E-state index in [1.54, 1.807) is 0 Å². The zero-order chi connectivity index (χ0) is 59.1. The van der Waals surface area contributed by atoms with Crippen LogP contribution < -0.4 is 28.4 Å². The third-order valence-electron chi connectivity index (χ3n) is 13.8. The average Bonchev–Trinajstić information content (AvgIpc) is 3.31. The largest absolute Gasteiger partial charge is 0.507 e. The summed E-state index contributed by atoms with van der Waals surface area (Å²) in [7, 11) is 0. The molecule has 7 rings (SSSR count). The quantitative estimate of drug-likeness (QED) is 0.108. The maximum atomic E-state index is 14.7. The summed E-state index contributed by atoms with van der Waals surface area (Å²) in [6.07, 6.45) is 0.201. The monoisotopic (exact) mass is 1090 g/mol. The van der Waals surface area contributed by atoms with Gasteiger partial charge in [0.25, 0.3) is 0 Å². The first-order valence-electron chi connectivity index (χ1n) is 26.5. The number of phenolic OH excluding ortho intramolecular Hbond substituents is 2. The zero-order valence-electron chi connectivity index (χ0n) is 48.7. The van der Waals surface area contributed by atoms with Crippen LogP contribution >= 0.6 is 0 Å². The molecule has 80 heavy (non-hydrogen) atoms. The van der Waals surface area contributed by atoms with Crippen LogP contribution in [0.1, 0.15) is 198 Å². The Morgan fingerprint density at radius 2 is 0.550 bits per heavy atom. The van der Waals surface area contributed by atoms with Gasteiger partial charge in [-0.05, 0) is 103 Å². The normalized spacial score (nSPS) is 12.7. The van der Waals surface area contributed by atoms with Crippen molar-refractivity contribution >= 4 is 35.8 Å².